The van der Waals surface area contributed by atoms with Gasteiger partial charge in [-0.15, -0.1) is 0 Å². The van der Waals surface area contributed by atoms with E-state index in [0.717, 1.165) is 6.42 Å². The third kappa shape index (κ3) is 3.39. The highest BCUT2D eigenvalue weighted by Crippen LogP contribution is 2.15. The van der Waals surface area contributed by atoms with Gasteiger partial charge in [-0.2, -0.15) is 0 Å². The molecule has 0 heterocycles. The molecule has 0 fully saturated rings. The first-order valence-electron chi connectivity index (χ1n) is 4.50. The largest absolute Gasteiger partial charge is 0.378 e. The maximum absolute atomic E-state index is 3.55. The SMILES string of the molecule is CC(Br)Cc1ccc(N(C)C)cc1. The summed E-state index contributed by atoms with van der Waals surface area (Å²) in [7, 11) is 4.12. The van der Waals surface area contributed by atoms with Gasteiger partial charge in [0.2, 0.25) is 0 Å². The van der Waals surface area contributed by atoms with Crippen LogP contribution in [0.5, 0.6) is 0 Å². The topological polar surface area (TPSA) is 3.24 Å². The molecule has 0 aliphatic heterocycles. The van der Waals surface area contributed by atoms with Crippen molar-refractivity contribution in [3.05, 3.63) is 29.8 Å². The van der Waals surface area contributed by atoms with Crippen molar-refractivity contribution in [2.45, 2.75) is 18.2 Å². The molecule has 1 rings (SSSR count). The van der Waals surface area contributed by atoms with E-state index in [9.17, 15) is 0 Å². The molecular weight excluding hydrogens is 226 g/mol. The molecule has 0 saturated heterocycles. The Balaban J connectivity index is 2.70. The smallest absolute Gasteiger partial charge is 0.0361 e. The van der Waals surface area contributed by atoms with Crippen LogP contribution in [-0.4, -0.2) is 18.9 Å². The Kier molecular flexibility index (Phi) is 3.79. The van der Waals surface area contributed by atoms with E-state index in [-0.39, 0.29) is 0 Å². The van der Waals surface area contributed by atoms with E-state index in [2.05, 4.69) is 66.1 Å². The van der Waals surface area contributed by atoms with Gasteiger partial charge in [-0.1, -0.05) is 35.0 Å². The first kappa shape index (κ1) is 10.6. The fourth-order valence-corrected chi connectivity index (χ4v) is 1.63. The van der Waals surface area contributed by atoms with Crippen molar-refractivity contribution in [1.82, 2.24) is 0 Å². The van der Waals surface area contributed by atoms with Gasteiger partial charge in [-0.3, -0.25) is 0 Å². The van der Waals surface area contributed by atoms with Crippen molar-refractivity contribution in [2.24, 2.45) is 0 Å². The van der Waals surface area contributed by atoms with Crippen LogP contribution < -0.4 is 4.90 Å². The van der Waals surface area contributed by atoms with Gasteiger partial charge in [0, 0.05) is 24.6 Å². The molecule has 13 heavy (non-hydrogen) atoms. The molecule has 0 aliphatic carbocycles. The van der Waals surface area contributed by atoms with Crippen LogP contribution in [0.2, 0.25) is 0 Å². The van der Waals surface area contributed by atoms with Crippen molar-refractivity contribution in [3.8, 4) is 0 Å². The average molecular weight is 242 g/mol. The van der Waals surface area contributed by atoms with Crippen LogP contribution in [0.4, 0.5) is 5.69 Å². The highest BCUT2D eigenvalue weighted by atomic mass is 79.9. The van der Waals surface area contributed by atoms with E-state index >= 15 is 0 Å². The lowest BCUT2D eigenvalue weighted by atomic mass is 10.1. The molecule has 0 N–H and O–H groups in total. The first-order chi connectivity index (χ1) is 6.09. The Hall–Kier alpha value is -0.500. The zero-order valence-electron chi connectivity index (χ0n) is 8.42. The number of alkyl halides is 1. The second-order valence-electron chi connectivity index (χ2n) is 3.55. The third-order valence-corrected chi connectivity index (χ3v) is 2.29. The molecule has 0 aromatic heterocycles. The molecule has 0 spiro atoms. The quantitative estimate of drug-likeness (QED) is 0.736. The molecule has 0 bridgehead atoms. The molecule has 1 nitrogen and oxygen atoms in total. The number of rotatable bonds is 3. The number of halogens is 1. The molecule has 1 aromatic rings. The molecular formula is C11H16BrN. The lowest BCUT2D eigenvalue weighted by Crippen LogP contribution is -2.08. The minimum Gasteiger partial charge on any atom is -0.378 e. The van der Waals surface area contributed by atoms with Gasteiger partial charge in [0.15, 0.2) is 0 Å². The van der Waals surface area contributed by atoms with Crippen molar-refractivity contribution < 1.29 is 0 Å². The van der Waals surface area contributed by atoms with Crippen LogP contribution in [0.3, 0.4) is 0 Å². The maximum Gasteiger partial charge on any atom is 0.0361 e. The van der Waals surface area contributed by atoms with Crippen molar-refractivity contribution in [2.75, 3.05) is 19.0 Å². The Morgan fingerprint density at radius 3 is 2.15 bits per heavy atom. The van der Waals surface area contributed by atoms with Crippen LogP contribution in [0.25, 0.3) is 0 Å². The Bertz CT molecular complexity index is 251. The highest BCUT2D eigenvalue weighted by molar-refractivity contribution is 9.09. The highest BCUT2D eigenvalue weighted by Gasteiger charge is 1.99. The van der Waals surface area contributed by atoms with E-state index in [1.807, 2.05) is 0 Å². The molecule has 0 radical (unpaired) electrons. The van der Waals surface area contributed by atoms with E-state index in [1.165, 1.54) is 11.3 Å². The summed E-state index contributed by atoms with van der Waals surface area (Å²) in [5.41, 5.74) is 2.64. The molecule has 1 atom stereocenters. The van der Waals surface area contributed by atoms with Gasteiger partial charge < -0.3 is 4.90 Å². The van der Waals surface area contributed by atoms with Crippen LogP contribution in [0.1, 0.15) is 12.5 Å². The number of benzene rings is 1. The van der Waals surface area contributed by atoms with E-state index < -0.39 is 0 Å². The zero-order valence-corrected chi connectivity index (χ0v) is 10.0. The van der Waals surface area contributed by atoms with E-state index in [4.69, 9.17) is 0 Å². The fraction of sp³-hybridized carbons (Fsp3) is 0.455. The summed E-state index contributed by atoms with van der Waals surface area (Å²) in [5, 5.41) is 0. The Morgan fingerprint density at radius 2 is 1.77 bits per heavy atom. The minimum absolute atomic E-state index is 0.553. The van der Waals surface area contributed by atoms with Crippen LogP contribution in [-0.2, 0) is 6.42 Å². The van der Waals surface area contributed by atoms with Crippen LogP contribution in [0.15, 0.2) is 24.3 Å². The first-order valence-corrected chi connectivity index (χ1v) is 5.41. The number of hydrogen-bond donors (Lipinski definition) is 0. The molecule has 0 amide bonds. The summed E-state index contributed by atoms with van der Waals surface area (Å²) in [4.78, 5) is 2.67. The van der Waals surface area contributed by atoms with E-state index in [0.29, 0.717) is 4.83 Å². The standard InChI is InChI=1S/C11H16BrN/c1-9(12)8-10-4-6-11(7-5-10)13(2)3/h4-7,9H,8H2,1-3H3. The molecule has 0 saturated carbocycles. The van der Waals surface area contributed by atoms with Crippen molar-refractivity contribution >= 4 is 21.6 Å². The lowest BCUT2D eigenvalue weighted by Gasteiger charge is -2.12. The molecule has 1 aromatic carbocycles. The van der Waals surface area contributed by atoms with Crippen LogP contribution in [0, 0.1) is 0 Å². The molecule has 1 unspecified atom stereocenters. The summed E-state index contributed by atoms with van der Waals surface area (Å²) < 4.78 is 0. The zero-order chi connectivity index (χ0) is 9.84. The summed E-state index contributed by atoms with van der Waals surface area (Å²) in [6.07, 6.45) is 1.09. The minimum atomic E-state index is 0.553. The van der Waals surface area contributed by atoms with Crippen molar-refractivity contribution in [1.29, 1.82) is 0 Å². The summed E-state index contributed by atoms with van der Waals surface area (Å²) >= 11 is 3.55. The van der Waals surface area contributed by atoms with Gasteiger partial charge in [0.25, 0.3) is 0 Å². The maximum atomic E-state index is 3.55. The van der Waals surface area contributed by atoms with Gasteiger partial charge in [-0.25, -0.2) is 0 Å². The van der Waals surface area contributed by atoms with Crippen molar-refractivity contribution in [3.63, 3.8) is 0 Å². The normalized spacial score (nSPS) is 12.6. The Labute approximate surface area is 88.9 Å². The average Bonchev–Trinajstić information content (AvgIpc) is 2.04. The lowest BCUT2D eigenvalue weighted by molar-refractivity contribution is 0.958. The second-order valence-corrected chi connectivity index (χ2v) is 5.11. The van der Waals surface area contributed by atoms with Gasteiger partial charge >= 0.3 is 0 Å². The van der Waals surface area contributed by atoms with E-state index in [1.54, 1.807) is 0 Å². The molecule has 72 valence electrons. The summed E-state index contributed by atoms with van der Waals surface area (Å²) in [6.45, 7) is 2.17. The monoisotopic (exact) mass is 241 g/mol. The Morgan fingerprint density at radius 1 is 1.23 bits per heavy atom. The second kappa shape index (κ2) is 4.66. The number of anilines is 1. The van der Waals surface area contributed by atoms with Crippen LogP contribution >= 0.6 is 15.9 Å². The molecule has 2 heteroatoms. The number of hydrogen-bond acceptors (Lipinski definition) is 1. The summed E-state index contributed by atoms with van der Waals surface area (Å²) in [5.74, 6) is 0. The predicted octanol–water partition coefficient (Wildman–Crippen LogP) is 3.08. The fourth-order valence-electron chi connectivity index (χ4n) is 1.25. The summed E-state index contributed by atoms with van der Waals surface area (Å²) in [6, 6.07) is 8.69. The molecule has 0 aliphatic rings. The third-order valence-electron chi connectivity index (χ3n) is 1.97. The van der Waals surface area contributed by atoms with Gasteiger partial charge in [-0.05, 0) is 24.1 Å². The number of nitrogens with zero attached hydrogens (tertiary/aromatic N) is 1. The van der Waals surface area contributed by atoms with Gasteiger partial charge in [0.05, 0.1) is 0 Å². The predicted molar refractivity (Wildman–Crippen MR) is 62.9 cm³/mol. The van der Waals surface area contributed by atoms with Gasteiger partial charge in [0.1, 0.15) is 0 Å².